The summed E-state index contributed by atoms with van der Waals surface area (Å²) in [7, 11) is 1.55. The molecule has 0 aliphatic rings. The average Bonchev–Trinajstić information content (AvgIpc) is 2.49. The fourth-order valence-electron chi connectivity index (χ4n) is 2.06. The van der Waals surface area contributed by atoms with Crippen molar-refractivity contribution in [2.45, 2.75) is 19.4 Å². The molecule has 4 nitrogen and oxygen atoms in total. The van der Waals surface area contributed by atoms with E-state index < -0.39 is 0 Å². The maximum atomic E-state index is 13.1. The number of likely N-dealkylation sites (N-methyl/N-ethyl adjacent to an activating group) is 1. The molecule has 0 fully saturated rings. The van der Waals surface area contributed by atoms with E-state index >= 15 is 0 Å². The summed E-state index contributed by atoms with van der Waals surface area (Å²) in [5, 5.41) is 11.9. The molecule has 1 aromatic heterocycles. The van der Waals surface area contributed by atoms with Crippen LogP contribution in [0.4, 0.5) is 4.39 Å². The average molecular weight is 310 g/mol. The Labute approximate surface area is 128 Å². The van der Waals surface area contributed by atoms with Crippen LogP contribution in [0.25, 0.3) is 0 Å². The van der Waals surface area contributed by atoms with Gasteiger partial charge in [-0.3, -0.25) is 0 Å². The molecule has 1 N–H and O–H groups in total. The van der Waals surface area contributed by atoms with Crippen molar-refractivity contribution in [3.8, 4) is 5.88 Å². The molecule has 0 spiro atoms. The van der Waals surface area contributed by atoms with Gasteiger partial charge in [0.2, 0.25) is 5.88 Å². The molecule has 1 heterocycles. The normalized spacial score (nSPS) is 12.2. The Hall–Kier alpha value is -1.72. The van der Waals surface area contributed by atoms with Gasteiger partial charge in [-0.2, -0.15) is 5.10 Å². The number of methoxy groups -OCH3 is 1. The predicted octanol–water partition coefficient (Wildman–Crippen LogP) is 3.17. The van der Waals surface area contributed by atoms with Crippen LogP contribution in [-0.2, 0) is 6.42 Å². The SMILES string of the molecule is CCNC(Cc1ccc(F)cc1Cl)c1ccc(OC)nn1. The van der Waals surface area contributed by atoms with Gasteiger partial charge in [0.1, 0.15) is 5.82 Å². The fourth-order valence-corrected chi connectivity index (χ4v) is 2.30. The molecule has 6 heteroatoms. The highest BCUT2D eigenvalue weighted by Crippen LogP contribution is 2.23. The van der Waals surface area contributed by atoms with Gasteiger partial charge in [-0.15, -0.1) is 5.10 Å². The second kappa shape index (κ2) is 7.33. The Balaban J connectivity index is 2.21. The summed E-state index contributed by atoms with van der Waals surface area (Å²) < 4.78 is 18.1. The summed E-state index contributed by atoms with van der Waals surface area (Å²) in [6.45, 7) is 2.79. The monoisotopic (exact) mass is 309 g/mol. The minimum Gasteiger partial charge on any atom is -0.480 e. The Kier molecular flexibility index (Phi) is 5.47. The zero-order valence-corrected chi connectivity index (χ0v) is 12.7. The van der Waals surface area contributed by atoms with Crippen LogP contribution >= 0.6 is 11.6 Å². The van der Waals surface area contributed by atoms with Crippen molar-refractivity contribution in [2.75, 3.05) is 13.7 Å². The number of benzene rings is 1. The standard InChI is InChI=1S/C15H17ClFN3O/c1-3-18-14(13-6-7-15(21-2)20-19-13)8-10-4-5-11(17)9-12(10)16/h4-7,9,14,18H,3,8H2,1-2H3. The molecule has 1 atom stereocenters. The molecule has 1 unspecified atom stereocenters. The van der Waals surface area contributed by atoms with Gasteiger partial charge in [-0.1, -0.05) is 24.6 Å². The van der Waals surface area contributed by atoms with E-state index in [1.165, 1.54) is 12.1 Å². The number of nitrogens with zero attached hydrogens (tertiary/aromatic N) is 2. The van der Waals surface area contributed by atoms with Crippen molar-refractivity contribution >= 4 is 11.6 Å². The molecule has 2 aromatic rings. The first-order valence-electron chi connectivity index (χ1n) is 6.69. The Morgan fingerprint density at radius 1 is 1.29 bits per heavy atom. The maximum absolute atomic E-state index is 13.1. The van der Waals surface area contributed by atoms with Gasteiger partial charge in [0.25, 0.3) is 0 Å². The Bertz CT molecular complexity index is 592. The molecule has 0 aliphatic heterocycles. The molecule has 0 bridgehead atoms. The van der Waals surface area contributed by atoms with Crippen LogP contribution in [0.3, 0.4) is 0 Å². The summed E-state index contributed by atoms with van der Waals surface area (Å²) in [6.07, 6.45) is 0.605. The number of hydrogen-bond acceptors (Lipinski definition) is 4. The third kappa shape index (κ3) is 4.12. The first-order chi connectivity index (χ1) is 10.1. The van der Waals surface area contributed by atoms with Crippen molar-refractivity contribution in [1.82, 2.24) is 15.5 Å². The molecule has 0 amide bonds. The summed E-state index contributed by atoms with van der Waals surface area (Å²) in [6, 6.07) is 7.99. The Morgan fingerprint density at radius 3 is 2.67 bits per heavy atom. The van der Waals surface area contributed by atoms with Gasteiger partial charge < -0.3 is 10.1 Å². The van der Waals surface area contributed by atoms with Gasteiger partial charge in [0.05, 0.1) is 18.8 Å². The molecule has 1 aromatic carbocycles. The number of ether oxygens (including phenoxy) is 1. The first kappa shape index (κ1) is 15.7. The number of rotatable bonds is 6. The molecule has 0 radical (unpaired) electrons. The summed E-state index contributed by atoms with van der Waals surface area (Å²) in [4.78, 5) is 0. The quantitative estimate of drug-likeness (QED) is 0.890. The van der Waals surface area contributed by atoms with E-state index in [1.807, 2.05) is 13.0 Å². The van der Waals surface area contributed by atoms with Gasteiger partial charge in [-0.25, -0.2) is 4.39 Å². The number of halogens is 2. The highest BCUT2D eigenvalue weighted by molar-refractivity contribution is 6.31. The number of nitrogens with one attached hydrogen (secondary N) is 1. The van der Waals surface area contributed by atoms with Gasteiger partial charge in [0, 0.05) is 11.1 Å². The number of hydrogen-bond donors (Lipinski definition) is 1. The third-order valence-corrected chi connectivity index (χ3v) is 3.47. The predicted molar refractivity (Wildman–Crippen MR) is 80.1 cm³/mol. The van der Waals surface area contributed by atoms with Crippen LogP contribution in [-0.4, -0.2) is 23.9 Å². The van der Waals surface area contributed by atoms with Crippen LogP contribution in [0.15, 0.2) is 30.3 Å². The summed E-state index contributed by atoms with van der Waals surface area (Å²) >= 11 is 6.09. The zero-order chi connectivity index (χ0) is 15.2. The lowest BCUT2D eigenvalue weighted by atomic mass is 10.0. The molecule has 0 saturated heterocycles. The van der Waals surface area contributed by atoms with E-state index in [1.54, 1.807) is 19.2 Å². The van der Waals surface area contributed by atoms with Crippen molar-refractivity contribution in [2.24, 2.45) is 0 Å². The Morgan fingerprint density at radius 2 is 2.10 bits per heavy atom. The van der Waals surface area contributed by atoms with Crippen LogP contribution < -0.4 is 10.1 Å². The minimum atomic E-state index is -0.340. The largest absolute Gasteiger partial charge is 0.480 e. The van der Waals surface area contributed by atoms with Crippen LogP contribution in [0.5, 0.6) is 5.88 Å². The van der Waals surface area contributed by atoms with E-state index in [2.05, 4.69) is 15.5 Å². The van der Waals surface area contributed by atoms with Gasteiger partial charge in [-0.05, 0) is 36.7 Å². The lowest BCUT2D eigenvalue weighted by molar-refractivity contribution is 0.389. The van der Waals surface area contributed by atoms with Crippen molar-refractivity contribution in [1.29, 1.82) is 0 Å². The number of aromatic nitrogens is 2. The molecule has 112 valence electrons. The third-order valence-electron chi connectivity index (χ3n) is 3.12. The van der Waals surface area contributed by atoms with Crippen molar-refractivity contribution < 1.29 is 9.13 Å². The first-order valence-corrected chi connectivity index (χ1v) is 7.06. The molecule has 21 heavy (non-hydrogen) atoms. The van der Waals surface area contributed by atoms with Crippen molar-refractivity contribution in [3.05, 3.63) is 52.4 Å². The highest BCUT2D eigenvalue weighted by Gasteiger charge is 2.15. The van der Waals surface area contributed by atoms with Crippen LogP contribution in [0.1, 0.15) is 24.2 Å². The van der Waals surface area contributed by atoms with E-state index in [9.17, 15) is 4.39 Å². The topological polar surface area (TPSA) is 47.0 Å². The second-order valence-electron chi connectivity index (χ2n) is 4.55. The smallest absolute Gasteiger partial charge is 0.233 e. The maximum Gasteiger partial charge on any atom is 0.233 e. The lowest BCUT2D eigenvalue weighted by Crippen LogP contribution is -2.24. The van der Waals surface area contributed by atoms with E-state index in [0.717, 1.165) is 17.8 Å². The fraction of sp³-hybridized carbons (Fsp3) is 0.333. The van der Waals surface area contributed by atoms with E-state index in [-0.39, 0.29) is 11.9 Å². The molecular weight excluding hydrogens is 293 g/mol. The summed E-state index contributed by atoms with van der Waals surface area (Å²) in [5.41, 5.74) is 1.65. The molecular formula is C15H17ClFN3O. The van der Waals surface area contributed by atoms with Crippen LogP contribution in [0, 0.1) is 5.82 Å². The zero-order valence-electron chi connectivity index (χ0n) is 11.9. The van der Waals surface area contributed by atoms with Crippen molar-refractivity contribution in [3.63, 3.8) is 0 Å². The molecule has 0 saturated carbocycles. The molecule has 2 rings (SSSR count). The minimum absolute atomic E-state index is 0.0450. The van der Waals surface area contributed by atoms with Gasteiger partial charge in [0.15, 0.2) is 0 Å². The highest BCUT2D eigenvalue weighted by atomic mass is 35.5. The van der Waals surface area contributed by atoms with E-state index in [0.29, 0.717) is 17.3 Å². The second-order valence-corrected chi connectivity index (χ2v) is 4.96. The summed E-state index contributed by atoms with van der Waals surface area (Å²) in [5.74, 6) is 0.127. The molecule has 0 aliphatic carbocycles. The lowest BCUT2D eigenvalue weighted by Gasteiger charge is -2.17. The van der Waals surface area contributed by atoms with E-state index in [4.69, 9.17) is 16.3 Å². The van der Waals surface area contributed by atoms with Gasteiger partial charge >= 0.3 is 0 Å². The van der Waals surface area contributed by atoms with Crippen LogP contribution in [0.2, 0.25) is 5.02 Å².